The van der Waals surface area contributed by atoms with Crippen LogP contribution in [0.4, 0.5) is 10.5 Å². The van der Waals surface area contributed by atoms with Crippen molar-refractivity contribution in [3.63, 3.8) is 0 Å². The smallest absolute Gasteiger partial charge is 0.412 e. The lowest BCUT2D eigenvalue weighted by molar-refractivity contribution is -0.116. The number of aromatic nitrogens is 1. The summed E-state index contributed by atoms with van der Waals surface area (Å²) in [5.74, 6) is 0.0740. The first-order chi connectivity index (χ1) is 10.1. The number of Topliss-reactive ketones (excluding diaryl/α,β-unsaturated/α-hetero) is 1. The van der Waals surface area contributed by atoms with Crippen molar-refractivity contribution in [2.24, 2.45) is 0 Å². The molecule has 0 unspecified atom stereocenters. The van der Waals surface area contributed by atoms with Gasteiger partial charge in [-0.15, -0.1) is 0 Å². The van der Waals surface area contributed by atoms with E-state index < -0.39 is 6.09 Å². The Morgan fingerprint density at radius 3 is 2.76 bits per heavy atom. The molecule has 0 fully saturated rings. The summed E-state index contributed by atoms with van der Waals surface area (Å²) in [6, 6.07) is 12.5. The van der Waals surface area contributed by atoms with Crippen molar-refractivity contribution in [3.05, 3.63) is 59.9 Å². The number of carbonyl (C=O) groups is 2. The minimum Gasteiger partial charge on any atom is -0.443 e. The van der Waals surface area contributed by atoms with Gasteiger partial charge in [-0.2, -0.15) is 0 Å². The Kier molecular flexibility index (Phi) is 5.04. The number of anilines is 1. The van der Waals surface area contributed by atoms with Crippen LogP contribution in [0.5, 0.6) is 0 Å². The quantitative estimate of drug-likeness (QED) is 0.916. The molecule has 0 spiro atoms. The molecule has 0 saturated carbocycles. The van der Waals surface area contributed by atoms with Gasteiger partial charge in [0.05, 0.1) is 5.69 Å². The Morgan fingerprint density at radius 2 is 2.05 bits per heavy atom. The van der Waals surface area contributed by atoms with Crippen LogP contribution in [0.15, 0.2) is 48.7 Å². The lowest BCUT2D eigenvalue weighted by Crippen LogP contribution is -2.14. The molecule has 1 aromatic heterocycles. The molecule has 0 aliphatic heterocycles. The molecule has 21 heavy (non-hydrogen) atoms. The fourth-order valence-electron chi connectivity index (χ4n) is 1.82. The minimum atomic E-state index is -0.555. The van der Waals surface area contributed by atoms with E-state index in [0.717, 1.165) is 5.56 Å². The first-order valence-electron chi connectivity index (χ1n) is 6.55. The second-order valence-electron chi connectivity index (χ2n) is 4.60. The van der Waals surface area contributed by atoms with Crippen molar-refractivity contribution in [3.8, 4) is 0 Å². The van der Waals surface area contributed by atoms with Crippen LogP contribution >= 0.6 is 0 Å². The van der Waals surface area contributed by atoms with E-state index in [0.29, 0.717) is 17.8 Å². The van der Waals surface area contributed by atoms with Gasteiger partial charge in [0.25, 0.3) is 0 Å². The molecular formula is C16H16N2O3. The number of carbonyl (C=O) groups excluding carboxylic acids is 2. The van der Waals surface area contributed by atoms with Crippen molar-refractivity contribution in [1.82, 2.24) is 4.98 Å². The highest BCUT2D eigenvalue weighted by Gasteiger charge is 2.05. The molecule has 108 valence electrons. The first kappa shape index (κ1) is 14.7. The maximum Gasteiger partial charge on any atom is 0.412 e. The van der Waals surface area contributed by atoms with Crippen molar-refractivity contribution in [1.29, 1.82) is 0 Å². The summed E-state index contributed by atoms with van der Waals surface area (Å²) in [6.07, 6.45) is 1.43. The zero-order valence-corrected chi connectivity index (χ0v) is 11.7. The second kappa shape index (κ2) is 7.19. The van der Waals surface area contributed by atoms with Gasteiger partial charge >= 0.3 is 6.09 Å². The predicted octanol–water partition coefficient (Wildman–Crippen LogP) is 2.96. The fraction of sp³-hybridized carbons (Fsp3) is 0.188. The predicted molar refractivity (Wildman–Crippen MR) is 78.9 cm³/mol. The van der Waals surface area contributed by atoms with Crippen LogP contribution < -0.4 is 5.32 Å². The molecule has 0 bridgehead atoms. The maximum atomic E-state index is 11.7. The van der Waals surface area contributed by atoms with Crippen molar-refractivity contribution in [2.75, 3.05) is 5.32 Å². The molecule has 1 N–H and O–H groups in total. The van der Waals surface area contributed by atoms with Gasteiger partial charge in [-0.05, 0) is 36.8 Å². The Balaban J connectivity index is 1.89. The number of hydrogen-bond acceptors (Lipinski definition) is 4. The van der Waals surface area contributed by atoms with Gasteiger partial charge in [-0.25, -0.2) is 4.79 Å². The Labute approximate surface area is 123 Å². The third-order valence-corrected chi connectivity index (χ3v) is 2.70. The van der Waals surface area contributed by atoms with E-state index in [1.807, 2.05) is 12.1 Å². The van der Waals surface area contributed by atoms with Gasteiger partial charge in [-0.3, -0.25) is 15.1 Å². The highest BCUT2D eigenvalue weighted by Crippen LogP contribution is 2.12. The molecule has 2 aromatic rings. The third kappa shape index (κ3) is 5.06. The number of pyridine rings is 1. The Morgan fingerprint density at radius 1 is 1.19 bits per heavy atom. The average Bonchev–Trinajstić information content (AvgIpc) is 2.46. The van der Waals surface area contributed by atoms with Crippen LogP contribution in [0.1, 0.15) is 18.2 Å². The maximum absolute atomic E-state index is 11.7. The normalized spacial score (nSPS) is 9.95. The third-order valence-electron chi connectivity index (χ3n) is 2.70. The molecule has 0 aliphatic carbocycles. The van der Waals surface area contributed by atoms with E-state index >= 15 is 0 Å². The van der Waals surface area contributed by atoms with Crippen LogP contribution in [0, 0.1) is 0 Å². The molecular weight excluding hydrogens is 268 g/mol. The van der Waals surface area contributed by atoms with Crippen LogP contribution in [-0.2, 0) is 22.6 Å². The summed E-state index contributed by atoms with van der Waals surface area (Å²) in [5, 5.41) is 2.63. The zero-order chi connectivity index (χ0) is 15.1. The minimum absolute atomic E-state index is 0.0740. The number of hydrogen-bond donors (Lipinski definition) is 1. The largest absolute Gasteiger partial charge is 0.443 e. The van der Waals surface area contributed by atoms with Gasteiger partial charge < -0.3 is 4.74 Å². The number of benzene rings is 1. The molecule has 0 aliphatic rings. The zero-order valence-electron chi connectivity index (χ0n) is 11.7. The summed E-state index contributed by atoms with van der Waals surface area (Å²) in [4.78, 5) is 26.8. The lowest BCUT2D eigenvalue weighted by Gasteiger charge is -2.07. The number of nitrogens with one attached hydrogen (secondary N) is 1. The average molecular weight is 284 g/mol. The van der Waals surface area contributed by atoms with Crippen LogP contribution in [0.2, 0.25) is 0 Å². The molecule has 1 heterocycles. The molecule has 2 rings (SSSR count). The monoisotopic (exact) mass is 284 g/mol. The second-order valence-corrected chi connectivity index (χ2v) is 4.60. The first-order valence-corrected chi connectivity index (χ1v) is 6.55. The van der Waals surface area contributed by atoms with Crippen molar-refractivity contribution < 1.29 is 14.3 Å². The van der Waals surface area contributed by atoms with Gasteiger partial charge in [0.15, 0.2) is 0 Å². The van der Waals surface area contributed by atoms with Gasteiger partial charge in [0.2, 0.25) is 0 Å². The van der Waals surface area contributed by atoms with Gasteiger partial charge in [0.1, 0.15) is 12.4 Å². The van der Waals surface area contributed by atoms with E-state index in [-0.39, 0.29) is 12.4 Å². The van der Waals surface area contributed by atoms with E-state index in [1.54, 1.807) is 36.5 Å². The number of nitrogens with zero attached hydrogens (tertiary/aromatic N) is 1. The fourth-order valence-corrected chi connectivity index (χ4v) is 1.82. The summed E-state index contributed by atoms with van der Waals surface area (Å²) in [5.41, 5.74) is 2.13. The van der Waals surface area contributed by atoms with E-state index in [1.165, 1.54) is 6.92 Å². The molecule has 0 saturated heterocycles. The molecule has 1 aromatic carbocycles. The standard InChI is InChI=1S/C16H16N2O3/c1-12(19)9-13-5-4-7-14(10-13)18-16(20)21-11-15-6-2-3-8-17-15/h2-8,10H,9,11H2,1H3,(H,18,20). The number of ether oxygens (including phenoxy) is 1. The van der Waals surface area contributed by atoms with Gasteiger partial charge in [0, 0.05) is 18.3 Å². The van der Waals surface area contributed by atoms with Gasteiger partial charge in [-0.1, -0.05) is 18.2 Å². The number of ketones is 1. The summed E-state index contributed by atoms with van der Waals surface area (Å²) < 4.78 is 5.07. The molecule has 1 amide bonds. The van der Waals surface area contributed by atoms with Crippen molar-refractivity contribution >= 4 is 17.6 Å². The number of rotatable bonds is 5. The number of amides is 1. The topological polar surface area (TPSA) is 68.3 Å². The van der Waals surface area contributed by atoms with Crippen LogP contribution in [0.3, 0.4) is 0 Å². The summed E-state index contributed by atoms with van der Waals surface area (Å²) in [7, 11) is 0. The summed E-state index contributed by atoms with van der Waals surface area (Å²) >= 11 is 0. The molecule has 5 heteroatoms. The molecule has 0 radical (unpaired) electrons. The Hall–Kier alpha value is -2.69. The SMILES string of the molecule is CC(=O)Cc1cccc(NC(=O)OCc2ccccn2)c1. The lowest BCUT2D eigenvalue weighted by atomic mass is 10.1. The highest BCUT2D eigenvalue weighted by molar-refractivity contribution is 5.85. The molecule has 0 atom stereocenters. The Bertz CT molecular complexity index is 626. The molecule has 5 nitrogen and oxygen atoms in total. The van der Waals surface area contributed by atoms with E-state index in [9.17, 15) is 9.59 Å². The van der Waals surface area contributed by atoms with Crippen LogP contribution in [-0.4, -0.2) is 16.9 Å². The van der Waals surface area contributed by atoms with E-state index in [4.69, 9.17) is 4.74 Å². The highest BCUT2D eigenvalue weighted by atomic mass is 16.5. The van der Waals surface area contributed by atoms with E-state index in [2.05, 4.69) is 10.3 Å². The van der Waals surface area contributed by atoms with Crippen molar-refractivity contribution in [2.45, 2.75) is 20.0 Å². The summed E-state index contributed by atoms with van der Waals surface area (Å²) in [6.45, 7) is 1.64. The van der Waals surface area contributed by atoms with Crippen LogP contribution in [0.25, 0.3) is 0 Å².